The molecule has 5 rings (SSSR count). The number of nitrogens with zero attached hydrogens (tertiary/aromatic N) is 2. The minimum Gasteiger partial charge on any atom is -0.486 e. The average Bonchev–Trinajstić information content (AvgIpc) is 3.25. The Morgan fingerprint density at radius 3 is 2.54 bits per heavy atom. The third-order valence-corrected chi connectivity index (χ3v) is 5.77. The van der Waals surface area contributed by atoms with Gasteiger partial charge in [-0.2, -0.15) is 0 Å². The number of likely N-dealkylation sites (tertiary alicyclic amines) is 1. The zero-order chi connectivity index (χ0) is 19.1. The summed E-state index contributed by atoms with van der Waals surface area (Å²) in [6.45, 7) is 2.27. The first-order chi connectivity index (χ1) is 13.7. The van der Waals surface area contributed by atoms with Crippen LogP contribution in [0, 0.1) is 0 Å². The quantitative estimate of drug-likeness (QED) is 0.766. The average molecular weight is 378 g/mol. The molecule has 1 fully saturated rings. The molecule has 1 saturated heterocycles. The molecule has 0 aliphatic carbocycles. The summed E-state index contributed by atoms with van der Waals surface area (Å²) < 4.78 is 11.2. The van der Waals surface area contributed by atoms with Crippen molar-refractivity contribution in [2.24, 2.45) is 0 Å². The number of fused-ring (bicyclic) bond motifs is 2. The molecule has 6 heteroatoms. The van der Waals surface area contributed by atoms with Gasteiger partial charge in [-0.3, -0.25) is 19.4 Å². The molecule has 3 heterocycles. The molecular formula is C22H22N2O4. The number of carbonyl (C=O) groups is 2. The summed E-state index contributed by atoms with van der Waals surface area (Å²) in [5.74, 6) is 0.198. The lowest BCUT2D eigenvalue weighted by Crippen LogP contribution is -2.43. The smallest absolute Gasteiger partial charge is 0.300 e. The first kappa shape index (κ1) is 17.3. The van der Waals surface area contributed by atoms with Gasteiger partial charge in [0.25, 0.3) is 5.78 Å². The van der Waals surface area contributed by atoms with Crippen LogP contribution in [0.1, 0.15) is 28.8 Å². The summed E-state index contributed by atoms with van der Waals surface area (Å²) in [6, 6.07) is 14.2. The molecule has 6 nitrogen and oxygen atoms in total. The molecule has 1 unspecified atom stereocenters. The maximum absolute atomic E-state index is 12.7. The molecule has 28 heavy (non-hydrogen) atoms. The second-order valence-corrected chi connectivity index (χ2v) is 7.51. The summed E-state index contributed by atoms with van der Waals surface area (Å²) >= 11 is 0. The minimum atomic E-state index is -0.470. The predicted octanol–water partition coefficient (Wildman–Crippen LogP) is 2.65. The molecule has 2 aromatic rings. The van der Waals surface area contributed by atoms with Crippen molar-refractivity contribution >= 4 is 17.4 Å². The number of hydrogen-bond acceptors (Lipinski definition) is 5. The van der Waals surface area contributed by atoms with E-state index < -0.39 is 11.7 Å². The monoisotopic (exact) mass is 378 g/mol. The van der Waals surface area contributed by atoms with Gasteiger partial charge < -0.3 is 9.47 Å². The van der Waals surface area contributed by atoms with Crippen LogP contribution in [0.15, 0.2) is 42.5 Å². The zero-order valence-electron chi connectivity index (χ0n) is 15.6. The van der Waals surface area contributed by atoms with Gasteiger partial charge in [-0.25, -0.2) is 0 Å². The van der Waals surface area contributed by atoms with Crippen molar-refractivity contribution in [2.45, 2.75) is 25.3 Å². The van der Waals surface area contributed by atoms with Crippen molar-refractivity contribution in [3.63, 3.8) is 0 Å². The van der Waals surface area contributed by atoms with Crippen molar-refractivity contribution < 1.29 is 19.1 Å². The Bertz CT molecular complexity index is 928. The number of anilines is 1. The number of hydrogen-bond donors (Lipinski definition) is 0. The molecule has 0 aromatic heterocycles. The van der Waals surface area contributed by atoms with Gasteiger partial charge >= 0.3 is 5.91 Å². The van der Waals surface area contributed by atoms with E-state index >= 15 is 0 Å². The highest BCUT2D eigenvalue weighted by Gasteiger charge is 2.40. The van der Waals surface area contributed by atoms with E-state index in [1.54, 1.807) is 17.0 Å². The van der Waals surface area contributed by atoms with Crippen molar-refractivity contribution in [3.8, 4) is 11.5 Å². The predicted molar refractivity (Wildman–Crippen MR) is 104 cm³/mol. The van der Waals surface area contributed by atoms with E-state index in [9.17, 15) is 9.59 Å². The summed E-state index contributed by atoms with van der Waals surface area (Å²) in [4.78, 5) is 29.1. The van der Waals surface area contributed by atoms with Crippen LogP contribution in [0.4, 0.5) is 5.69 Å². The minimum absolute atomic E-state index is 0.367. The van der Waals surface area contributed by atoms with Crippen LogP contribution in [0.2, 0.25) is 0 Å². The fourth-order valence-electron chi connectivity index (χ4n) is 4.35. The van der Waals surface area contributed by atoms with Crippen molar-refractivity contribution in [2.75, 3.05) is 31.3 Å². The molecule has 3 aliphatic rings. The fourth-order valence-corrected chi connectivity index (χ4v) is 4.35. The van der Waals surface area contributed by atoms with Gasteiger partial charge in [-0.1, -0.05) is 30.3 Å². The number of benzene rings is 2. The van der Waals surface area contributed by atoms with E-state index in [0.29, 0.717) is 48.7 Å². The van der Waals surface area contributed by atoms with Crippen molar-refractivity contribution in [1.82, 2.24) is 4.90 Å². The standard InChI is InChI=1S/C22H22N2O4/c25-21-17-12-19-20(28-10-9-27-19)13-18(17)24(22(21)26)14-23-8-4-7-16(23)11-15-5-2-1-3-6-15/h1-3,5-6,12-13,16H,4,7-11,14H2. The van der Waals surface area contributed by atoms with Crippen LogP contribution >= 0.6 is 0 Å². The maximum Gasteiger partial charge on any atom is 0.300 e. The van der Waals surface area contributed by atoms with Gasteiger partial charge in [0.1, 0.15) is 13.2 Å². The van der Waals surface area contributed by atoms with E-state index in [4.69, 9.17) is 9.47 Å². The third kappa shape index (κ3) is 2.94. The molecule has 0 spiro atoms. The highest BCUT2D eigenvalue weighted by atomic mass is 16.6. The van der Waals surface area contributed by atoms with Crippen LogP contribution in [-0.2, 0) is 11.2 Å². The Labute approximate surface area is 163 Å². The van der Waals surface area contributed by atoms with E-state index in [2.05, 4.69) is 29.2 Å². The normalized spacial score (nSPS) is 21.3. The molecule has 0 bridgehead atoms. The lowest BCUT2D eigenvalue weighted by atomic mass is 10.0. The Balaban J connectivity index is 1.39. The van der Waals surface area contributed by atoms with Crippen LogP contribution in [0.3, 0.4) is 0 Å². The zero-order valence-corrected chi connectivity index (χ0v) is 15.6. The number of amides is 1. The number of Topliss-reactive ketones (excluding diaryl/α,β-unsaturated/α-hetero) is 1. The topological polar surface area (TPSA) is 59.1 Å². The van der Waals surface area contributed by atoms with Crippen LogP contribution in [0.25, 0.3) is 0 Å². The number of ether oxygens (including phenoxy) is 2. The summed E-state index contributed by atoms with van der Waals surface area (Å²) in [5, 5.41) is 0. The summed E-state index contributed by atoms with van der Waals surface area (Å²) in [6.07, 6.45) is 3.14. The fraction of sp³-hybridized carbons (Fsp3) is 0.364. The molecule has 1 atom stereocenters. The second-order valence-electron chi connectivity index (χ2n) is 7.51. The first-order valence-corrected chi connectivity index (χ1v) is 9.78. The lowest BCUT2D eigenvalue weighted by molar-refractivity contribution is -0.114. The molecule has 3 aliphatic heterocycles. The molecule has 144 valence electrons. The van der Waals surface area contributed by atoms with Crippen LogP contribution in [-0.4, -0.2) is 49.1 Å². The van der Waals surface area contributed by atoms with Crippen molar-refractivity contribution in [1.29, 1.82) is 0 Å². The Kier molecular flexibility index (Phi) is 4.28. The molecule has 0 saturated carbocycles. The number of carbonyl (C=O) groups excluding carboxylic acids is 2. The van der Waals surface area contributed by atoms with Gasteiger partial charge in [-0.15, -0.1) is 0 Å². The lowest BCUT2D eigenvalue weighted by Gasteiger charge is -2.30. The SMILES string of the molecule is O=C1C(=O)N(CN2CCCC2Cc2ccccc2)c2cc3c(cc21)OCCO3. The highest BCUT2D eigenvalue weighted by molar-refractivity contribution is 6.52. The first-order valence-electron chi connectivity index (χ1n) is 9.78. The summed E-state index contributed by atoms with van der Waals surface area (Å²) in [7, 11) is 0. The van der Waals surface area contributed by atoms with Gasteiger partial charge in [0.15, 0.2) is 11.5 Å². The maximum atomic E-state index is 12.7. The van der Waals surface area contributed by atoms with E-state index in [1.165, 1.54) is 5.56 Å². The highest BCUT2D eigenvalue weighted by Crippen LogP contribution is 2.40. The van der Waals surface area contributed by atoms with Gasteiger partial charge in [0, 0.05) is 18.7 Å². The summed E-state index contributed by atoms with van der Waals surface area (Å²) in [5.41, 5.74) is 2.33. The molecular weight excluding hydrogens is 356 g/mol. The Morgan fingerprint density at radius 1 is 1.00 bits per heavy atom. The largest absolute Gasteiger partial charge is 0.486 e. The number of ketones is 1. The van der Waals surface area contributed by atoms with E-state index in [0.717, 1.165) is 25.8 Å². The second kappa shape index (κ2) is 6.95. The molecule has 0 N–H and O–H groups in total. The van der Waals surface area contributed by atoms with Gasteiger partial charge in [0.05, 0.1) is 17.9 Å². The van der Waals surface area contributed by atoms with E-state index in [1.807, 2.05) is 6.07 Å². The van der Waals surface area contributed by atoms with Gasteiger partial charge in [-0.05, 0) is 30.9 Å². The Morgan fingerprint density at radius 2 is 1.75 bits per heavy atom. The number of rotatable bonds is 4. The van der Waals surface area contributed by atoms with E-state index in [-0.39, 0.29) is 0 Å². The van der Waals surface area contributed by atoms with Crippen molar-refractivity contribution in [3.05, 3.63) is 53.6 Å². The van der Waals surface area contributed by atoms with Gasteiger partial charge in [0.2, 0.25) is 0 Å². The third-order valence-electron chi connectivity index (χ3n) is 5.77. The molecule has 2 aromatic carbocycles. The Hall–Kier alpha value is -2.86. The van der Waals surface area contributed by atoms with Crippen LogP contribution in [0.5, 0.6) is 11.5 Å². The van der Waals surface area contributed by atoms with Crippen LogP contribution < -0.4 is 14.4 Å². The molecule has 0 radical (unpaired) electrons. The molecule has 1 amide bonds.